The Balaban J connectivity index is 1.32. The van der Waals surface area contributed by atoms with Gasteiger partial charge in [0.15, 0.2) is 0 Å². The molecule has 3 unspecified atom stereocenters. The number of hydrogen-bond donors (Lipinski definition) is 1. The van der Waals surface area contributed by atoms with Crippen molar-refractivity contribution in [3.8, 4) is 11.8 Å². The lowest BCUT2D eigenvalue weighted by Crippen LogP contribution is -2.48. The molecule has 1 amide bonds. The van der Waals surface area contributed by atoms with E-state index in [0.29, 0.717) is 41.9 Å². The molecule has 2 aromatic heterocycles. The highest BCUT2D eigenvalue weighted by molar-refractivity contribution is 6.04. The monoisotopic (exact) mass is 552 g/mol. The summed E-state index contributed by atoms with van der Waals surface area (Å²) in [6.07, 6.45) is 1.17. The van der Waals surface area contributed by atoms with Crippen molar-refractivity contribution in [2.24, 2.45) is 5.92 Å². The molecule has 3 aromatic rings. The largest absolute Gasteiger partial charge is 0.416 e. The second-order valence-corrected chi connectivity index (χ2v) is 10.4. The van der Waals surface area contributed by atoms with Crippen LogP contribution in [0.1, 0.15) is 58.1 Å². The van der Waals surface area contributed by atoms with Crippen molar-refractivity contribution in [3.05, 3.63) is 70.8 Å². The molecule has 1 saturated carbocycles. The van der Waals surface area contributed by atoms with E-state index in [2.05, 4.69) is 21.4 Å². The van der Waals surface area contributed by atoms with E-state index in [1.54, 1.807) is 13.1 Å². The summed E-state index contributed by atoms with van der Waals surface area (Å²) >= 11 is 0. The number of carbonyl (C=O) groups excluding carboxylic acids is 1. The van der Waals surface area contributed by atoms with E-state index in [4.69, 9.17) is 9.72 Å². The summed E-state index contributed by atoms with van der Waals surface area (Å²) in [7, 11) is 0. The number of nitrogens with one attached hydrogen (secondary N) is 1. The van der Waals surface area contributed by atoms with Crippen LogP contribution in [-0.2, 0) is 10.9 Å². The highest BCUT2D eigenvalue weighted by Gasteiger charge is 2.37. The molecule has 2 aliphatic rings. The number of aryl methyl sites for hydroxylation is 1. The number of ether oxygens (including phenoxy) is 1. The van der Waals surface area contributed by atoms with Gasteiger partial charge in [-0.15, -0.1) is 0 Å². The summed E-state index contributed by atoms with van der Waals surface area (Å²) < 4.78 is 45.7. The zero-order chi connectivity index (χ0) is 28.4. The molecule has 0 spiro atoms. The van der Waals surface area contributed by atoms with Gasteiger partial charge in [-0.05, 0) is 69.0 Å². The van der Waals surface area contributed by atoms with Crippen LogP contribution in [0.25, 0.3) is 5.69 Å². The Bertz CT molecular complexity index is 1410. The third kappa shape index (κ3) is 5.74. The van der Waals surface area contributed by atoms with Gasteiger partial charge in [0.05, 0.1) is 59.9 Å². The first-order chi connectivity index (χ1) is 19.2. The van der Waals surface area contributed by atoms with E-state index >= 15 is 0 Å². The minimum absolute atomic E-state index is 0.00736. The van der Waals surface area contributed by atoms with Gasteiger partial charge in [-0.3, -0.25) is 14.7 Å². The molecule has 1 N–H and O–H groups in total. The molecule has 0 bridgehead atoms. The molecular formula is C29H31F3N6O2. The summed E-state index contributed by atoms with van der Waals surface area (Å²) in [5.74, 6) is -0.282. The standard InChI is InChI=1S/C29H31F3N6O2/c1-18-13-22(16-34-27(18)24-14-20(15-33)3-8-26(24)37-9-11-40-12-10-37)36-28(39)25-17-35-38(19(25)2)23-6-4-21(5-7-23)29(30,31)32/h4-7,13,16-17,20,24,26H,3,8-12,14H2,1-2H3,(H,36,39). The normalized spacial score (nSPS) is 22.1. The van der Waals surface area contributed by atoms with Crippen LogP contribution >= 0.6 is 0 Å². The molecule has 1 saturated heterocycles. The number of anilines is 1. The van der Waals surface area contributed by atoms with Crippen LogP contribution in [0.4, 0.5) is 18.9 Å². The summed E-state index contributed by atoms with van der Waals surface area (Å²) in [6, 6.07) is 9.24. The molecule has 1 aliphatic carbocycles. The number of nitrogens with zero attached hydrogens (tertiary/aromatic N) is 5. The van der Waals surface area contributed by atoms with E-state index < -0.39 is 17.6 Å². The van der Waals surface area contributed by atoms with Crippen molar-refractivity contribution in [3.63, 3.8) is 0 Å². The van der Waals surface area contributed by atoms with Crippen molar-refractivity contribution in [1.82, 2.24) is 19.7 Å². The second-order valence-electron chi connectivity index (χ2n) is 10.4. The Morgan fingerprint density at radius 3 is 2.50 bits per heavy atom. The minimum atomic E-state index is -4.43. The first kappa shape index (κ1) is 27.8. The third-order valence-electron chi connectivity index (χ3n) is 7.93. The lowest BCUT2D eigenvalue weighted by Gasteiger charge is -2.43. The van der Waals surface area contributed by atoms with Crippen LogP contribution in [0.15, 0.2) is 42.7 Å². The molecule has 40 heavy (non-hydrogen) atoms. The van der Waals surface area contributed by atoms with E-state index in [1.807, 2.05) is 13.0 Å². The number of benzene rings is 1. The smallest absolute Gasteiger partial charge is 0.379 e. The number of carbonyl (C=O) groups is 1. The van der Waals surface area contributed by atoms with Crippen LogP contribution in [0.2, 0.25) is 0 Å². The lowest BCUT2D eigenvalue weighted by atomic mass is 9.75. The fourth-order valence-corrected chi connectivity index (χ4v) is 5.84. The molecule has 3 atom stereocenters. The predicted octanol–water partition coefficient (Wildman–Crippen LogP) is 5.26. The number of alkyl halides is 3. The number of nitriles is 1. The maximum Gasteiger partial charge on any atom is 0.416 e. The van der Waals surface area contributed by atoms with Gasteiger partial charge in [0.1, 0.15) is 0 Å². The van der Waals surface area contributed by atoms with E-state index in [9.17, 15) is 23.2 Å². The molecular weight excluding hydrogens is 521 g/mol. The minimum Gasteiger partial charge on any atom is -0.379 e. The van der Waals surface area contributed by atoms with Gasteiger partial charge in [-0.1, -0.05) is 0 Å². The summed E-state index contributed by atoms with van der Waals surface area (Å²) in [5.41, 5.74) is 2.89. The highest BCUT2D eigenvalue weighted by atomic mass is 19.4. The number of hydrogen-bond acceptors (Lipinski definition) is 6. The van der Waals surface area contributed by atoms with E-state index in [-0.39, 0.29) is 11.8 Å². The molecule has 1 aromatic carbocycles. The molecule has 8 nitrogen and oxygen atoms in total. The first-order valence-corrected chi connectivity index (χ1v) is 13.4. The van der Waals surface area contributed by atoms with Crippen molar-refractivity contribution < 1.29 is 22.7 Å². The Morgan fingerprint density at radius 1 is 1.12 bits per heavy atom. The number of morpholine rings is 1. The van der Waals surface area contributed by atoms with E-state index in [0.717, 1.165) is 55.7 Å². The van der Waals surface area contributed by atoms with Gasteiger partial charge < -0.3 is 10.1 Å². The van der Waals surface area contributed by atoms with Crippen LogP contribution in [0, 0.1) is 31.1 Å². The maximum atomic E-state index is 13.1. The maximum absolute atomic E-state index is 13.1. The van der Waals surface area contributed by atoms with Crippen LogP contribution in [0.3, 0.4) is 0 Å². The molecule has 1 aliphatic heterocycles. The summed E-state index contributed by atoms with van der Waals surface area (Å²) in [4.78, 5) is 20.3. The van der Waals surface area contributed by atoms with Gasteiger partial charge in [0.2, 0.25) is 0 Å². The molecule has 2 fully saturated rings. The number of halogens is 3. The van der Waals surface area contributed by atoms with Crippen LogP contribution in [0.5, 0.6) is 0 Å². The zero-order valence-corrected chi connectivity index (χ0v) is 22.4. The van der Waals surface area contributed by atoms with Gasteiger partial charge >= 0.3 is 6.18 Å². The van der Waals surface area contributed by atoms with Crippen molar-refractivity contribution >= 4 is 11.6 Å². The number of amides is 1. The van der Waals surface area contributed by atoms with Gasteiger partial charge in [-0.2, -0.15) is 23.5 Å². The predicted molar refractivity (Wildman–Crippen MR) is 142 cm³/mol. The second kappa shape index (κ2) is 11.4. The zero-order valence-electron chi connectivity index (χ0n) is 22.4. The molecule has 5 rings (SSSR count). The van der Waals surface area contributed by atoms with Gasteiger partial charge in [-0.25, -0.2) is 4.68 Å². The van der Waals surface area contributed by atoms with Crippen molar-refractivity contribution in [2.45, 2.75) is 51.2 Å². The lowest BCUT2D eigenvalue weighted by molar-refractivity contribution is -0.137. The first-order valence-electron chi connectivity index (χ1n) is 13.4. The van der Waals surface area contributed by atoms with Crippen LogP contribution < -0.4 is 5.32 Å². The molecule has 210 valence electrons. The van der Waals surface area contributed by atoms with Crippen molar-refractivity contribution in [1.29, 1.82) is 5.26 Å². The summed E-state index contributed by atoms with van der Waals surface area (Å²) in [6.45, 7) is 6.80. The van der Waals surface area contributed by atoms with Crippen molar-refractivity contribution in [2.75, 3.05) is 31.6 Å². The van der Waals surface area contributed by atoms with Gasteiger partial charge in [0, 0.05) is 36.7 Å². The van der Waals surface area contributed by atoms with Crippen LogP contribution in [-0.4, -0.2) is 57.9 Å². The van der Waals surface area contributed by atoms with E-state index in [1.165, 1.54) is 23.0 Å². The van der Waals surface area contributed by atoms with Gasteiger partial charge in [0.25, 0.3) is 5.91 Å². The number of aromatic nitrogens is 3. The topological polar surface area (TPSA) is 96.1 Å². The summed E-state index contributed by atoms with van der Waals surface area (Å²) in [5, 5.41) is 16.7. The average Bonchev–Trinajstić information content (AvgIpc) is 3.34. The fraction of sp³-hybridized carbons (Fsp3) is 0.448. The highest BCUT2D eigenvalue weighted by Crippen LogP contribution is 2.40. The Labute approximate surface area is 230 Å². The Hall–Kier alpha value is -3.75. The number of rotatable bonds is 5. The average molecular weight is 553 g/mol. The molecule has 11 heteroatoms. The number of pyridine rings is 1. The SMILES string of the molecule is Cc1cc(NC(=O)c2cnn(-c3ccc(C(F)(F)F)cc3)c2C)cnc1C1CC(C#N)CCC1N1CCOCC1. The molecule has 3 heterocycles. The quantitative estimate of drug-likeness (QED) is 0.464. The fourth-order valence-electron chi connectivity index (χ4n) is 5.84. The molecule has 0 radical (unpaired) electrons. The Morgan fingerprint density at radius 2 is 1.85 bits per heavy atom. The Kier molecular flexibility index (Phi) is 7.92. The third-order valence-corrected chi connectivity index (χ3v) is 7.93.